The molecule has 0 fully saturated rings. The van der Waals surface area contributed by atoms with E-state index in [-0.39, 0.29) is 5.75 Å². The van der Waals surface area contributed by atoms with Crippen LogP contribution in [0.25, 0.3) is 11.0 Å². The molecule has 2 aromatic rings. The second kappa shape index (κ2) is 4.46. The minimum absolute atomic E-state index is 0.0990. The third-order valence-electron chi connectivity index (χ3n) is 2.68. The molecular weight excluding hydrogens is 238 g/mol. The van der Waals surface area contributed by atoms with Gasteiger partial charge in [0.1, 0.15) is 0 Å². The van der Waals surface area contributed by atoms with E-state index in [0.717, 1.165) is 5.52 Å². The molecule has 0 radical (unpaired) electrons. The van der Waals surface area contributed by atoms with Crippen LogP contribution in [0.4, 0.5) is 0 Å². The second-order valence-corrected chi connectivity index (χ2v) is 6.04. The van der Waals surface area contributed by atoms with Gasteiger partial charge in [-0.25, -0.2) is 13.4 Å². The van der Waals surface area contributed by atoms with Gasteiger partial charge in [-0.1, -0.05) is 0 Å². The van der Waals surface area contributed by atoms with Gasteiger partial charge in [0, 0.05) is 13.6 Å². The van der Waals surface area contributed by atoms with Crippen LogP contribution in [0.15, 0.2) is 29.4 Å². The van der Waals surface area contributed by atoms with E-state index in [1.807, 2.05) is 11.6 Å². The van der Waals surface area contributed by atoms with Gasteiger partial charge in [-0.3, -0.25) is 0 Å². The summed E-state index contributed by atoms with van der Waals surface area (Å²) in [5.41, 5.74) is 1.63. The number of aryl methyl sites for hydroxylation is 1. The van der Waals surface area contributed by atoms with Crippen LogP contribution in [0.3, 0.4) is 0 Å². The van der Waals surface area contributed by atoms with Gasteiger partial charge in [0.2, 0.25) is 0 Å². The van der Waals surface area contributed by atoms with Gasteiger partial charge in [-0.2, -0.15) is 0 Å². The summed E-state index contributed by atoms with van der Waals surface area (Å²) >= 11 is 0. The molecular formula is C11H15N3O2S. The number of hydrogen-bond donors (Lipinski definition) is 1. The summed E-state index contributed by atoms with van der Waals surface area (Å²) in [4.78, 5) is 4.49. The van der Waals surface area contributed by atoms with Crippen molar-refractivity contribution in [3.63, 3.8) is 0 Å². The summed E-state index contributed by atoms with van der Waals surface area (Å²) in [6, 6.07) is 5.05. The molecule has 1 aromatic heterocycles. The number of rotatable bonds is 4. The highest BCUT2D eigenvalue weighted by Crippen LogP contribution is 2.18. The first-order valence-electron chi connectivity index (χ1n) is 5.33. The Morgan fingerprint density at radius 2 is 2.18 bits per heavy atom. The Morgan fingerprint density at radius 3 is 2.88 bits per heavy atom. The Labute approximate surface area is 100 Å². The molecule has 92 valence electrons. The third-order valence-corrected chi connectivity index (χ3v) is 4.39. The number of imidazole rings is 1. The summed E-state index contributed by atoms with van der Waals surface area (Å²) in [6.07, 6.45) is 1.68. The smallest absolute Gasteiger partial charge is 0.179 e. The second-order valence-electron chi connectivity index (χ2n) is 3.93. The predicted molar refractivity (Wildman–Crippen MR) is 66.7 cm³/mol. The minimum Gasteiger partial charge on any atom is -0.334 e. The van der Waals surface area contributed by atoms with E-state index in [1.165, 1.54) is 0 Å². The molecule has 0 aliphatic heterocycles. The minimum atomic E-state index is -3.22. The molecule has 6 heteroatoms. The molecule has 0 bridgehead atoms. The van der Waals surface area contributed by atoms with Crippen LogP contribution < -0.4 is 5.32 Å². The van der Waals surface area contributed by atoms with Crippen LogP contribution in [-0.4, -0.2) is 37.3 Å². The van der Waals surface area contributed by atoms with Crippen molar-refractivity contribution in [3.05, 3.63) is 24.5 Å². The van der Waals surface area contributed by atoms with Crippen molar-refractivity contribution in [2.45, 2.75) is 4.90 Å². The van der Waals surface area contributed by atoms with Crippen LogP contribution in [0.1, 0.15) is 0 Å². The van der Waals surface area contributed by atoms with Crippen LogP contribution >= 0.6 is 0 Å². The lowest BCUT2D eigenvalue weighted by atomic mass is 10.3. The van der Waals surface area contributed by atoms with Crippen molar-refractivity contribution < 1.29 is 8.42 Å². The lowest BCUT2D eigenvalue weighted by Crippen LogP contribution is -2.19. The standard InChI is InChI=1S/C11H15N3O2S/c1-12-5-6-17(15,16)9-3-4-11-10(7-9)13-8-14(11)2/h3-4,7-8,12H,5-6H2,1-2H3. The quantitative estimate of drug-likeness (QED) is 0.865. The number of nitrogens with one attached hydrogen (secondary N) is 1. The number of fused-ring (bicyclic) bond motifs is 1. The molecule has 0 atom stereocenters. The number of hydrogen-bond acceptors (Lipinski definition) is 4. The summed E-state index contributed by atoms with van der Waals surface area (Å²) in [7, 11) is 0.397. The van der Waals surface area contributed by atoms with E-state index in [0.29, 0.717) is 17.0 Å². The first kappa shape index (κ1) is 12.1. The fourth-order valence-electron chi connectivity index (χ4n) is 1.66. The maximum atomic E-state index is 12.0. The van der Waals surface area contributed by atoms with Gasteiger partial charge < -0.3 is 9.88 Å². The molecule has 0 spiro atoms. The normalized spacial score (nSPS) is 12.1. The summed E-state index contributed by atoms with van der Waals surface area (Å²) < 4.78 is 25.8. The Kier molecular flexibility index (Phi) is 3.17. The molecule has 0 saturated carbocycles. The van der Waals surface area contributed by atoms with Gasteiger partial charge in [0.25, 0.3) is 0 Å². The zero-order chi connectivity index (χ0) is 12.5. The number of benzene rings is 1. The lowest BCUT2D eigenvalue weighted by Gasteiger charge is -2.04. The number of sulfone groups is 1. The predicted octanol–water partition coefficient (Wildman–Crippen LogP) is 0.566. The number of aromatic nitrogens is 2. The first-order valence-corrected chi connectivity index (χ1v) is 6.98. The van der Waals surface area contributed by atoms with E-state index < -0.39 is 9.84 Å². The van der Waals surface area contributed by atoms with E-state index in [9.17, 15) is 8.42 Å². The zero-order valence-corrected chi connectivity index (χ0v) is 10.7. The molecule has 1 N–H and O–H groups in total. The van der Waals surface area contributed by atoms with Gasteiger partial charge in [0.15, 0.2) is 9.84 Å². The molecule has 0 aliphatic carbocycles. The molecule has 0 saturated heterocycles. The van der Waals surface area contributed by atoms with Gasteiger partial charge in [-0.05, 0) is 25.2 Å². The van der Waals surface area contributed by atoms with Crippen LogP contribution in [0.2, 0.25) is 0 Å². The van der Waals surface area contributed by atoms with Gasteiger partial charge in [0.05, 0.1) is 28.0 Å². The Bertz CT molecular complexity index is 631. The summed E-state index contributed by atoms with van der Waals surface area (Å²) in [5, 5.41) is 2.84. The Morgan fingerprint density at radius 1 is 1.41 bits per heavy atom. The zero-order valence-electron chi connectivity index (χ0n) is 9.84. The van der Waals surface area contributed by atoms with Crippen LogP contribution in [-0.2, 0) is 16.9 Å². The molecule has 1 heterocycles. The van der Waals surface area contributed by atoms with E-state index in [4.69, 9.17) is 0 Å². The Balaban J connectivity index is 2.42. The van der Waals surface area contributed by atoms with Gasteiger partial charge >= 0.3 is 0 Å². The highest BCUT2D eigenvalue weighted by atomic mass is 32.2. The van der Waals surface area contributed by atoms with Crippen molar-refractivity contribution in [1.29, 1.82) is 0 Å². The number of nitrogens with zero attached hydrogens (tertiary/aromatic N) is 2. The fourth-order valence-corrected chi connectivity index (χ4v) is 2.94. The maximum Gasteiger partial charge on any atom is 0.179 e. The SMILES string of the molecule is CNCCS(=O)(=O)c1ccc2c(c1)ncn2C. The molecule has 0 unspecified atom stereocenters. The van der Waals surface area contributed by atoms with Gasteiger partial charge in [-0.15, -0.1) is 0 Å². The molecule has 5 nitrogen and oxygen atoms in total. The van der Waals surface area contributed by atoms with Crippen molar-refractivity contribution in [2.75, 3.05) is 19.3 Å². The van der Waals surface area contributed by atoms with E-state index in [2.05, 4.69) is 10.3 Å². The largest absolute Gasteiger partial charge is 0.334 e. The Hall–Kier alpha value is -1.40. The molecule has 0 amide bonds. The maximum absolute atomic E-state index is 12.0. The average Bonchev–Trinajstić information content (AvgIpc) is 2.68. The average molecular weight is 253 g/mol. The van der Waals surface area contributed by atoms with Crippen molar-refractivity contribution in [3.8, 4) is 0 Å². The van der Waals surface area contributed by atoms with E-state index >= 15 is 0 Å². The third kappa shape index (κ3) is 2.32. The van der Waals surface area contributed by atoms with Crippen molar-refractivity contribution >= 4 is 20.9 Å². The highest BCUT2D eigenvalue weighted by molar-refractivity contribution is 7.91. The monoisotopic (exact) mass is 253 g/mol. The van der Waals surface area contributed by atoms with Crippen molar-refractivity contribution in [1.82, 2.24) is 14.9 Å². The molecule has 0 aliphatic rings. The topological polar surface area (TPSA) is 64.0 Å². The fraction of sp³-hybridized carbons (Fsp3) is 0.364. The van der Waals surface area contributed by atoms with Crippen LogP contribution in [0, 0.1) is 0 Å². The molecule has 17 heavy (non-hydrogen) atoms. The summed E-state index contributed by atoms with van der Waals surface area (Å²) in [5.74, 6) is 0.0990. The first-order chi connectivity index (χ1) is 8.04. The van der Waals surface area contributed by atoms with Crippen molar-refractivity contribution in [2.24, 2.45) is 7.05 Å². The van der Waals surface area contributed by atoms with E-state index in [1.54, 1.807) is 31.6 Å². The summed E-state index contributed by atoms with van der Waals surface area (Å²) in [6.45, 7) is 0.447. The molecule has 2 rings (SSSR count). The van der Waals surface area contributed by atoms with Crippen LogP contribution in [0.5, 0.6) is 0 Å². The lowest BCUT2D eigenvalue weighted by molar-refractivity contribution is 0.593. The highest BCUT2D eigenvalue weighted by Gasteiger charge is 2.14. The molecule has 1 aromatic carbocycles.